The zero-order valence-electron chi connectivity index (χ0n) is 9.17. The minimum Gasteiger partial charge on any atom is -0.327 e. The highest BCUT2D eigenvalue weighted by Crippen LogP contribution is 2.33. The lowest BCUT2D eigenvalue weighted by Crippen LogP contribution is -2.33. The molecule has 2 heteroatoms. The van der Waals surface area contributed by atoms with Crippen molar-refractivity contribution in [3.05, 3.63) is 0 Å². The first-order chi connectivity index (χ1) is 6.86. The van der Waals surface area contributed by atoms with Crippen molar-refractivity contribution < 1.29 is 0 Å². The molecule has 0 aromatic rings. The third-order valence-electron chi connectivity index (χ3n) is 3.79. The Hall–Kier alpha value is -0.0800. The van der Waals surface area contributed by atoms with Crippen molar-refractivity contribution >= 4 is 0 Å². The van der Waals surface area contributed by atoms with Gasteiger partial charge in [0.2, 0.25) is 0 Å². The van der Waals surface area contributed by atoms with Crippen LogP contribution in [-0.2, 0) is 0 Å². The monoisotopic (exact) mass is 196 g/mol. The molecule has 2 saturated carbocycles. The summed E-state index contributed by atoms with van der Waals surface area (Å²) >= 11 is 0. The maximum atomic E-state index is 6.01. The molecule has 0 bridgehead atoms. The molecule has 2 rings (SSSR count). The van der Waals surface area contributed by atoms with Crippen LogP contribution in [0.2, 0.25) is 0 Å². The smallest absolute Gasteiger partial charge is 0.00792 e. The van der Waals surface area contributed by atoms with Crippen molar-refractivity contribution in [3.63, 3.8) is 0 Å². The van der Waals surface area contributed by atoms with Crippen molar-refractivity contribution in [2.45, 2.75) is 51.0 Å². The van der Waals surface area contributed by atoms with Crippen molar-refractivity contribution in [3.8, 4) is 0 Å². The Labute approximate surface area is 87.6 Å². The molecule has 14 heavy (non-hydrogen) atoms. The largest absolute Gasteiger partial charge is 0.327 e. The summed E-state index contributed by atoms with van der Waals surface area (Å²) < 4.78 is 0. The van der Waals surface area contributed by atoms with Gasteiger partial charge in [-0.1, -0.05) is 19.3 Å². The first-order valence-corrected chi connectivity index (χ1v) is 6.32. The molecule has 0 aromatic carbocycles. The standard InChI is InChI=1S/C12H24N2/c13-12-5-1-4-11(12)9-14-8-2-3-10-6-7-10/h10-12,14H,1-9,13H2. The van der Waals surface area contributed by atoms with Crippen LogP contribution < -0.4 is 11.1 Å². The molecular formula is C12H24N2. The zero-order valence-corrected chi connectivity index (χ0v) is 9.17. The third-order valence-corrected chi connectivity index (χ3v) is 3.79. The van der Waals surface area contributed by atoms with E-state index in [2.05, 4.69) is 5.32 Å². The van der Waals surface area contributed by atoms with Crippen LogP contribution >= 0.6 is 0 Å². The number of nitrogens with one attached hydrogen (secondary N) is 1. The lowest BCUT2D eigenvalue weighted by atomic mass is 10.0. The summed E-state index contributed by atoms with van der Waals surface area (Å²) in [5.74, 6) is 1.85. The van der Waals surface area contributed by atoms with Gasteiger partial charge in [-0.2, -0.15) is 0 Å². The van der Waals surface area contributed by atoms with E-state index in [1.54, 1.807) is 0 Å². The van der Waals surface area contributed by atoms with Crippen LogP contribution in [0.15, 0.2) is 0 Å². The van der Waals surface area contributed by atoms with E-state index >= 15 is 0 Å². The van der Waals surface area contributed by atoms with E-state index in [4.69, 9.17) is 5.73 Å². The van der Waals surface area contributed by atoms with Crippen molar-refractivity contribution in [2.75, 3.05) is 13.1 Å². The minimum absolute atomic E-state index is 0.478. The lowest BCUT2D eigenvalue weighted by molar-refractivity contribution is 0.436. The van der Waals surface area contributed by atoms with Gasteiger partial charge in [0.05, 0.1) is 0 Å². The molecule has 2 atom stereocenters. The van der Waals surface area contributed by atoms with Gasteiger partial charge in [-0.05, 0) is 50.6 Å². The van der Waals surface area contributed by atoms with E-state index < -0.39 is 0 Å². The van der Waals surface area contributed by atoms with Crippen LogP contribution in [0.1, 0.15) is 44.9 Å². The zero-order chi connectivity index (χ0) is 9.80. The fourth-order valence-corrected chi connectivity index (χ4v) is 2.53. The summed E-state index contributed by atoms with van der Waals surface area (Å²) in [6.07, 6.45) is 9.73. The Balaban J connectivity index is 1.45. The summed E-state index contributed by atoms with van der Waals surface area (Å²) in [7, 11) is 0. The van der Waals surface area contributed by atoms with Crippen LogP contribution in [0, 0.1) is 11.8 Å². The molecule has 0 aromatic heterocycles. The molecule has 2 aliphatic carbocycles. The van der Waals surface area contributed by atoms with E-state index in [1.165, 1.54) is 51.5 Å². The van der Waals surface area contributed by atoms with Gasteiger partial charge < -0.3 is 11.1 Å². The summed E-state index contributed by atoms with van der Waals surface area (Å²) in [6, 6.07) is 0.478. The molecule has 82 valence electrons. The quantitative estimate of drug-likeness (QED) is 0.637. The highest BCUT2D eigenvalue weighted by atomic mass is 14.9. The second-order valence-corrected chi connectivity index (χ2v) is 5.14. The van der Waals surface area contributed by atoms with Gasteiger partial charge in [0, 0.05) is 6.04 Å². The molecule has 0 spiro atoms. The topological polar surface area (TPSA) is 38.0 Å². The SMILES string of the molecule is NC1CCCC1CNCCCC1CC1. The predicted octanol–water partition coefficient (Wildman–Crippen LogP) is 1.89. The van der Waals surface area contributed by atoms with Crippen molar-refractivity contribution in [1.29, 1.82) is 0 Å². The lowest BCUT2D eigenvalue weighted by Gasteiger charge is -2.15. The van der Waals surface area contributed by atoms with Gasteiger partial charge in [-0.3, -0.25) is 0 Å². The molecule has 0 heterocycles. The maximum absolute atomic E-state index is 6.01. The summed E-state index contributed by atoms with van der Waals surface area (Å²) in [5.41, 5.74) is 6.01. The summed E-state index contributed by atoms with van der Waals surface area (Å²) in [6.45, 7) is 2.37. The maximum Gasteiger partial charge on any atom is 0.00792 e. The number of hydrogen-bond donors (Lipinski definition) is 2. The highest BCUT2D eigenvalue weighted by Gasteiger charge is 2.23. The molecule has 0 radical (unpaired) electrons. The number of nitrogens with two attached hydrogens (primary N) is 1. The Bertz CT molecular complexity index is 166. The Kier molecular flexibility index (Phi) is 3.82. The van der Waals surface area contributed by atoms with E-state index in [1.807, 2.05) is 0 Å². The number of rotatable bonds is 6. The molecule has 0 aliphatic heterocycles. The summed E-state index contributed by atoms with van der Waals surface area (Å²) in [4.78, 5) is 0. The van der Waals surface area contributed by atoms with Gasteiger partial charge in [0.15, 0.2) is 0 Å². The molecule has 0 amide bonds. The first-order valence-electron chi connectivity index (χ1n) is 6.32. The average Bonchev–Trinajstić information content (AvgIpc) is 2.91. The first kappa shape index (κ1) is 10.4. The Morgan fingerprint density at radius 1 is 1.14 bits per heavy atom. The third kappa shape index (κ3) is 3.25. The molecule has 2 fully saturated rings. The van der Waals surface area contributed by atoms with Crippen LogP contribution in [0.5, 0.6) is 0 Å². The molecule has 2 aliphatic rings. The second-order valence-electron chi connectivity index (χ2n) is 5.14. The highest BCUT2D eigenvalue weighted by molar-refractivity contribution is 4.81. The van der Waals surface area contributed by atoms with Gasteiger partial charge in [-0.15, -0.1) is 0 Å². The second kappa shape index (κ2) is 5.13. The molecule has 0 saturated heterocycles. The molecular weight excluding hydrogens is 172 g/mol. The fourth-order valence-electron chi connectivity index (χ4n) is 2.53. The van der Waals surface area contributed by atoms with Gasteiger partial charge in [-0.25, -0.2) is 0 Å². The molecule has 3 N–H and O–H groups in total. The van der Waals surface area contributed by atoms with E-state index in [9.17, 15) is 0 Å². The van der Waals surface area contributed by atoms with E-state index in [0.29, 0.717) is 6.04 Å². The predicted molar refractivity (Wildman–Crippen MR) is 60.1 cm³/mol. The van der Waals surface area contributed by atoms with Crippen LogP contribution in [-0.4, -0.2) is 19.1 Å². The van der Waals surface area contributed by atoms with Crippen molar-refractivity contribution in [1.82, 2.24) is 5.32 Å². The van der Waals surface area contributed by atoms with Gasteiger partial charge in [0.1, 0.15) is 0 Å². The normalized spacial score (nSPS) is 32.4. The number of hydrogen-bond acceptors (Lipinski definition) is 2. The molecule has 2 unspecified atom stereocenters. The van der Waals surface area contributed by atoms with Crippen molar-refractivity contribution in [2.24, 2.45) is 17.6 Å². The van der Waals surface area contributed by atoms with Gasteiger partial charge >= 0.3 is 0 Å². The Morgan fingerprint density at radius 3 is 2.64 bits per heavy atom. The summed E-state index contributed by atoms with van der Waals surface area (Å²) in [5, 5.41) is 3.56. The average molecular weight is 196 g/mol. The molecule has 2 nitrogen and oxygen atoms in total. The fraction of sp³-hybridized carbons (Fsp3) is 1.00. The van der Waals surface area contributed by atoms with Crippen LogP contribution in [0.25, 0.3) is 0 Å². The van der Waals surface area contributed by atoms with E-state index in [-0.39, 0.29) is 0 Å². The van der Waals surface area contributed by atoms with E-state index in [0.717, 1.165) is 18.4 Å². The minimum atomic E-state index is 0.478. The Morgan fingerprint density at radius 2 is 2.00 bits per heavy atom. The van der Waals surface area contributed by atoms with Crippen LogP contribution in [0.4, 0.5) is 0 Å². The van der Waals surface area contributed by atoms with Crippen LogP contribution in [0.3, 0.4) is 0 Å². The van der Waals surface area contributed by atoms with Gasteiger partial charge in [0.25, 0.3) is 0 Å².